The molecule has 3 N–H and O–H groups in total. The summed E-state index contributed by atoms with van der Waals surface area (Å²) in [5, 5.41) is 29.5. The maximum atomic E-state index is 13.0. The lowest BCUT2D eigenvalue weighted by atomic mass is 9.57. The highest BCUT2D eigenvalue weighted by atomic mass is 16.5. The molecule has 0 aliphatic heterocycles. The second kappa shape index (κ2) is 12.1. The van der Waals surface area contributed by atoms with Gasteiger partial charge >= 0.3 is 17.9 Å². The normalized spacial score (nSPS) is 11.4. The number of rotatable bonds is 14. The number of aliphatic hydroxyl groups is 3. The van der Waals surface area contributed by atoms with Gasteiger partial charge in [0.1, 0.15) is 5.41 Å². The maximum Gasteiger partial charge on any atom is 0.375 e. The van der Waals surface area contributed by atoms with Crippen molar-refractivity contribution in [2.24, 2.45) is 10.8 Å². The van der Waals surface area contributed by atoms with Gasteiger partial charge in [-0.1, -0.05) is 0 Å². The summed E-state index contributed by atoms with van der Waals surface area (Å²) in [6.07, 6.45) is -1.47. The molecule has 0 amide bonds. The van der Waals surface area contributed by atoms with Gasteiger partial charge in [-0.25, -0.2) is 14.4 Å². The fourth-order valence-electron chi connectivity index (χ4n) is 2.75. The highest BCUT2D eigenvalue weighted by Crippen LogP contribution is 2.45. The number of hydrogen-bond donors (Lipinski definition) is 3. The van der Waals surface area contributed by atoms with Crippen molar-refractivity contribution in [3.63, 3.8) is 0 Å². The molecule has 12 nitrogen and oxygen atoms in total. The van der Waals surface area contributed by atoms with Crippen LogP contribution in [-0.4, -0.2) is 90.2 Å². The van der Waals surface area contributed by atoms with Gasteiger partial charge in [0.05, 0.1) is 45.1 Å². The Balaban J connectivity index is 6.98. The van der Waals surface area contributed by atoms with Gasteiger partial charge in [0.15, 0.2) is 0 Å². The van der Waals surface area contributed by atoms with E-state index in [-0.39, 0.29) is 19.8 Å². The van der Waals surface area contributed by atoms with Crippen molar-refractivity contribution in [2.45, 2.75) is 27.2 Å². The Hall–Kier alpha value is -2.70. The molecule has 0 fully saturated rings. The minimum Gasteiger partial charge on any atom is -0.460 e. The molecule has 0 heterocycles. The Morgan fingerprint density at radius 2 is 0.967 bits per heavy atom. The fourth-order valence-corrected chi connectivity index (χ4v) is 2.75. The molecule has 0 rings (SSSR count). The van der Waals surface area contributed by atoms with Gasteiger partial charge in [-0.15, -0.1) is 0 Å². The minimum absolute atomic E-state index is 0.250. The molecule has 0 aliphatic rings. The summed E-state index contributed by atoms with van der Waals surface area (Å²) < 4.78 is 13.6. The van der Waals surface area contributed by atoms with E-state index in [2.05, 4.69) is 14.2 Å². The molecule has 30 heavy (non-hydrogen) atoms. The number of esters is 3. The Kier molecular flexibility index (Phi) is 11.0. The van der Waals surface area contributed by atoms with Crippen LogP contribution in [0.25, 0.3) is 0 Å². The average molecular weight is 434 g/mol. The molecular formula is C18H26O12. The van der Waals surface area contributed by atoms with Gasteiger partial charge in [0.2, 0.25) is 5.78 Å². The van der Waals surface area contributed by atoms with E-state index in [1.807, 2.05) is 0 Å². The zero-order valence-corrected chi connectivity index (χ0v) is 17.0. The van der Waals surface area contributed by atoms with Crippen molar-refractivity contribution in [3.05, 3.63) is 0 Å². The number of aliphatic hydroxyl groups excluding tert-OH is 3. The monoisotopic (exact) mass is 434 g/mol. The second-order valence-corrected chi connectivity index (χ2v) is 6.08. The van der Waals surface area contributed by atoms with Gasteiger partial charge < -0.3 is 29.5 Å². The molecule has 0 atom stereocenters. The van der Waals surface area contributed by atoms with E-state index in [1.165, 1.54) is 20.8 Å². The largest absolute Gasteiger partial charge is 0.460 e. The Morgan fingerprint density at radius 1 is 0.633 bits per heavy atom. The molecule has 12 heteroatoms. The van der Waals surface area contributed by atoms with Crippen LogP contribution >= 0.6 is 0 Å². The minimum atomic E-state index is -3.20. The highest BCUT2D eigenvalue weighted by molar-refractivity contribution is 6.51. The lowest BCUT2D eigenvalue weighted by molar-refractivity contribution is -0.182. The van der Waals surface area contributed by atoms with Crippen molar-refractivity contribution in [1.29, 1.82) is 0 Å². The Morgan fingerprint density at radius 3 is 1.27 bits per heavy atom. The quantitative estimate of drug-likeness (QED) is 0.115. The Labute approximate surface area is 172 Å². The van der Waals surface area contributed by atoms with Crippen molar-refractivity contribution in [3.8, 4) is 0 Å². The van der Waals surface area contributed by atoms with Crippen LogP contribution in [0.4, 0.5) is 0 Å². The second-order valence-electron chi connectivity index (χ2n) is 6.08. The predicted octanol–water partition coefficient (Wildman–Crippen LogP) is -2.28. The first kappa shape index (κ1) is 27.3. The van der Waals surface area contributed by atoms with E-state index >= 15 is 0 Å². The molecule has 0 unspecified atom stereocenters. The summed E-state index contributed by atoms with van der Waals surface area (Å²) in [7, 11) is 0. The summed E-state index contributed by atoms with van der Waals surface area (Å²) in [4.78, 5) is 74.6. The fraction of sp³-hybridized carbons (Fsp3) is 0.667. The van der Waals surface area contributed by atoms with Crippen LogP contribution in [0.1, 0.15) is 27.2 Å². The molecule has 170 valence electrons. The van der Waals surface area contributed by atoms with Gasteiger partial charge in [0, 0.05) is 6.42 Å². The molecule has 0 bridgehead atoms. The van der Waals surface area contributed by atoms with Gasteiger partial charge in [-0.2, -0.15) is 0 Å². The summed E-state index contributed by atoms with van der Waals surface area (Å²) in [6.45, 7) is -0.909. The predicted molar refractivity (Wildman–Crippen MR) is 95.7 cm³/mol. The van der Waals surface area contributed by atoms with Crippen molar-refractivity contribution >= 4 is 35.3 Å². The molecule has 0 saturated carbocycles. The van der Waals surface area contributed by atoms with Crippen LogP contribution < -0.4 is 0 Å². The number of ketones is 3. The van der Waals surface area contributed by atoms with E-state index < -0.39 is 72.3 Å². The van der Waals surface area contributed by atoms with Crippen LogP contribution in [0.15, 0.2) is 0 Å². The summed E-state index contributed by atoms with van der Waals surface area (Å²) >= 11 is 0. The van der Waals surface area contributed by atoms with E-state index in [9.17, 15) is 44.1 Å². The molecule has 0 radical (unpaired) electrons. The maximum absolute atomic E-state index is 13.0. The first-order valence-electron chi connectivity index (χ1n) is 9.04. The summed E-state index contributed by atoms with van der Waals surface area (Å²) in [5.74, 6) is -10.0. The molecule has 0 aromatic heterocycles. The zero-order chi connectivity index (χ0) is 23.5. The third-order valence-corrected chi connectivity index (χ3v) is 4.44. The van der Waals surface area contributed by atoms with E-state index in [0.29, 0.717) is 0 Å². The van der Waals surface area contributed by atoms with E-state index in [1.54, 1.807) is 0 Å². The topological polar surface area (TPSA) is 191 Å². The van der Waals surface area contributed by atoms with E-state index in [4.69, 9.17) is 0 Å². The Bertz CT molecular complexity index is 638. The third kappa shape index (κ3) is 5.26. The first-order chi connectivity index (χ1) is 14.1. The summed E-state index contributed by atoms with van der Waals surface area (Å²) in [6, 6.07) is 0. The standard InChI is InChI=1S/C18H26O12/c1-4-28-14(25)11(22)7-18(12(23)15(26)29-5-2,13(24)16(27)30-6-3)17(8-19,9-20)10-21/h19-21H,4-10H2,1-3H3. The summed E-state index contributed by atoms with van der Waals surface area (Å²) in [5.41, 5.74) is -5.81. The highest BCUT2D eigenvalue weighted by Gasteiger charge is 2.66. The van der Waals surface area contributed by atoms with Gasteiger partial charge in [0.25, 0.3) is 11.6 Å². The molecule has 0 aromatic rings. The molecule has 0 saturated heterocycles. The van der Waals surface area contributed by atoms with Crippen molar-refractivity contribution in [2.75, 3.05) is 39.6 Å². The van der Waals surface area contributed by atoms with Crippen molar-refractivity contribution in [1.82, 2.24) is 0 Å². The lowest BCUT2D eigenvalue weighted by Crippen LogP contribution is -2.63. The van der Waals surface area contributed by atoms with Gasteiger partial charge in [-0.05, 0) is 20.8 Å². The van der Waals surface area contributed by atoms with Crippen LogP contribution in [0.2, 0.25) is 0 Å². The van der Waals surface area contributed by atoms with E-state index in [0.717, 1.165) is 0 Å². The smallest absolute Gasteiger partial charge is 0.375 e. The number of Topliss-reactive ketones (excluding diaryl/α,β-unsaturated/α-hetero) is 3. The lowest BCUT2D eigenvalue weighted by Gasteiger charge is -2.43. The molecule has 0 aliphatic carbocycles. The molecule has 0 aromatic carbocycles. The van der Waals surface area contributed by atoms with Crippen LogP contribution in [0.5, 0.6) is 0 Å². The number of carbonyl (C=O) groups excluding carboxylic acids is 6. The first-order valence-corrected chi connectivity index (χ1v) is 9.04. The van der Waals surface area contributed by atoms with Crippen LogP contribution in [-0.2, 0) is 43.0 Å². The number of carbonyl (C=O) groups is 6. The van der Waals surface area contributed by atoms with Crippen molar-refractivity contribution < 1.29 is 58.3 Å². The van der Waals surface area contributed by atoms with Crippen LogP contribution in [0, 0.1) is 10.8 Å². The van der Waals surface area contributed by atoms with Crippen LogP contribution in [0.3, 0.4) is 0 Å². The third-order valence-electron chi connectivity index (χ3n) is 4.44. The number of hydrogen-bond acceptors (Lipinski definition) is 12. The number of ether oxygens (including phenoxy) is 3. The average Bonchev–Trinajstić information content (AvgIpc) is 2.73. The zero-order valence-electron chi connectivity index (χ0n) is 17.0. The molecule has 0 spiro atoms. The van der Waals surface area contributed by atoms with Gasteiger partial charge in [-0.3, -0.25) is 14.4 Å². The molecular weight excluding hydrogens is 408 g/mol. The SMILES string of the molecule is CCOC(=O)C(=O)CC(C(=O)C(=O)OCC)(C(=O)C(=O)OCC)C(CO)(CO)CO.